The Morgan fingerprint density at radius 3 is 1.75 bits per heavy atom. The molecule has 3 heterocycles. The molecule has 0 bridgehead atoms. The minimum atomic E-state index is -1.78. The zero-order valence-corrected chi connectivity index (χ0v) is 17.4. The first-order valence-electron chi connectivity index (χ1n) is 10.3. The van der Waals surface area contributed by atoms with Gasteiger partial charge in [0.2, 0.25) is 0 Å². The number of rotatable bonds is 5. The summed E-state index contributed by atoms with van der Waals surface area (Å²) in [6.45, 7) is 2.14. The van der Waals surface area contributed by atoms with E-state index in [0.29, 0.717) is 0 Å². The Bertz CT molecular complexity index is 608. The summed E-state index contributed by atoms with van der Waals surface area (Å²) < 4.78 is 26.7. The Balaban J connectivity index is 1.73. The van der Waals surface area contributed by atoms with Crippen molar-refractivity contribution in [2.75, 3.05) is 6.61 Å². The molecule has 0 aliphatic carbocycles. The van der Waals surface area contributed by atoms with Crippen LogP contribution in [0.15, 0.2) is 0 Å². The summed E-state index contributed by atoms with van der Waals surface area (Å²) >= 11 is 0. The van der Waals surface area contributed by atoms with Gasteiger partial charge in [-0.3, -0.25) is 0 Å². The first kappa shape index (κ1) is 26.1. The summed E-state index contributed by atoms with van der Waals surface area (Å²) in [4.78, 5) is 0. The van der Waals surface area contributed by atoms with Gasteiger partial charge in [0.15, 0.2) is 18.9 Å². The molecular formula is C18H32O14. The van der Waals surface area contributed by atoms with Gasteiger partial charge in [0.1, 0.15) is 61.0 Å². The lowest BCUT2D eigenvalue weighted by Gasteiger charge is -2.47. The highest BCUT2D eigenvalue weighted by atomic mass is 16.7. The molecule has 0 radical (unpaired) electrons. The highest BCUT2D eigenvalue weighted by Crippen LogP contribution is 2.31. The third-order valence-electron chi connectivity index (χ3n) is 6.02. The Labute approximate surface area is 183 Å². The van der Waals surface area contributed by atoms with Crippen LogP contribution >= 0.6 is 0 Å². The van der Waals surface area contributed by atoms with Gasteiger partial charge in [-0.2, -0.15) is 0 Å². The molecule has 3 aliphatic rings. The fourth-order valence-electron chi connectivity index (χ4n) is 3.93. The number of hydrogen-bond donors (Lipinski definition) is 9. The third kappa shape index (κ3) is 4.94. The predicted molar refractivity (Wildman–Crippen MR) is 98.4 cm³/mol. The summed E-state index contributed by atoms with van der Waals surface area (Å²) in [6, 6.07) is 0. The zero-order valence-electron chi connectivity index (χ0n) is 17.4. The summed E-state index contributed by atoms with van der Waals surface area (Å²) in [5, 5.41) is 90.7. The maximum Gasteiger partial charge on any atom is 0.187 e. The van der Waals surface area contributed by atoms with Gasteiger partial charge in [-0.25, -0.2) is 0 Å². The number of aliphatic hydroxyl groups is 9. The van der Waals surface area contributed by atoms with Crippen LogP contribution < -0.4 is 0 Å². The molecule has 1 unspecified atom stereocenters. The maximum absolute atomic E-state index is 10.7. The van der Waals surface area contributed by atoms with E-state index in [1.54, 1.807) is 0 Å². The second-order valence-electron chi connectivity index (χ2n) is 8.30. The van der Waals surface area contributed by atoms with Crippen molar-refractivity contribution in [1.82, 2.24) is 0 Å². The van der Waals surface area contributed by atoms with Gasteiger partial charge in [-0.05, 0) is 13.8 Å². The molecule has 0 spiro atoms. The third-order valence-corrected chi connectivity index (χ3v) is 6.02. The van der Waals surface area contributed by atoms with E-state index in [-0.39, 0.29) is 0 Å². The Hall–Kier alpha value is -0.560. The molecule has 32 heavy (non-hydrogen) atoms. The monoisotopic (exact) mass is 472 g/mol. The van der Waals surface area contributed by atoms with Gasteiger partial charge in [0, 0.05) is 0 Å². The normalized spacial score (nSPS) is 55.0. The number of aliphatic hydroxyl groups excluding tert-OH is 9. The largest absolute Gasteiger partial charge is 0.394 e. The zero-order chi connectivity index (χ0) is 23.9. The Morgan fingerprint density at radius 2 is 1.12 bits per heavy atom. The summed E-state index contributed by atoms with van der Waals surface area (Å²) in [5.41, 5.74) is 0. The molecule has 14 heteroatoms. The van der Waals surface area contributed by atoms with Crippen molar-refractivity contribution in [2.24, 2.45) is 0 Å². The molecule has 188 valence electrons. The van der Waals surface area contributed by atoms with E-state index >= 15 is 0 Å². The van der Waals surface area contributed by atoms with E-state index in [9.17, 15) is 46.0 Å². The van der Waals surface area contributed by atoms with E-state index in [1.165, 1.54) is 13.8 Å². The second-order valence-corrected chi connectivity index (χ2v) is 8.30. The molecule has 0 aromatic rings. The lowest BCUT2D eigenvalue weighted by molar-refractivity contribution is -0.378. The fourth-order valence-corrected chi connectivity index (χ4v) is 3.93. The van der Waals surface area contributed by atoms with E-state index in [4.69, 9.17) is 23.7 Å². The van der Waals surface area contributed by atoms with Gasteiger partial charge in [-0.15, -0.1) is 0 Å². The van der Waals surface area contributed by atoms with E-state index in [0.717, 1.165) is 0 Å². The molecule has 15 atom stereocenters. The van der Waals surface area contributed by atoms with Crippen molar-refractivity contribution >= 4 is 0 Å². The topological polar surface area (TPSA) is 228 Å². The second kappa shape index (κ2) is 10.4. The average molecular weight is 472 g/mol. The first-order valence-corrected chi connectivity index (χ1v) is 10.3. The van der Waals surface area contributed by atoms with E-state index in [2.05, 4.69) is 0 Å². The van der Waals surface area contributed by atoms with Crippen LogP contribution in [0.25, 0.3) is 0 Å². The Kier molecular flexibility index (Phi) is 8.44. The smallest absolute Gasteiger partial charge is 0.187 e. The van der Waals surface area contributed by atoms with Gasteiger partial charge in [-0.1, -0.05) is 0 Å². The molecular weight excluding hydrogens is 440 g/mol. The van der Waals surface area contributed by atoms with Gasteiger partial charge in [0.05, 0.1) is 18.8 Å². The summed E-state index contributed by atoms with van der Waals surface area (Å²) in [7, 11) is 0. The Morgan fingerprint density at radius 1 is 0.562 bits per heavy atom. The first-order chi connectivity index (χ1) is 15.0. The molecule has 14 nitrogen and oxygen atoms in total. The van der Waals surface area contributed by atoms with Crippen LogP contribution in [0.5, 0.6) is 0 Å². The van der Waals surface area contributed by atoms with Crippen molar-refractivity contribution in [3.8, 4) is 0 Å². The van der Waals surface area contributed by atoms with Crippen LogP contribution in [0.3, 0.4) is 0 Å². The summed E-state index contributed by atoms with van der Waals surface area (Å²) in [5.74, 6) is 0. The minimum absolute atomic E-state index is 0.704. The van der Waals surface area contributed by atoms with Crippen LogP contribution in [-0.4, -0.2) is 145 Å². The lowest BCUT2D eigenvalue weighted by atomic mass is 9.96. The van der Waals surface area contributed by atoms with Crippen LogP contribution in [0, 0.1) is 0 Å². The molecule has 0 saturated carbocycles. The fraction of sp³-hybridized carbons (Fsp3) is 1.00. The minimum Gasteiger partial charge on any atom is -0.394 e. The van der Waals surface area contributed by atoms with Crippen molar-refractivity contribution in [3.05, 3.63) is 0 Å². The molecule has 0 aromatic carbocycles. The quantitative estimate of drug-likeness (QED) is 0.182. The molecule has 0 aromatic heterocycles. The summed E-state index contributed by atoms with van der Waals surface area (Å²) in [6.07, 6.45) is -22.5. The average Bonchev–Trinajstić information content (AvgIpc) is 2.75. The van der Waals surface area contributed by atoms with Crippen LogP contribution in [0.2, 0.25) is 0 Å². The predicted octanol–water partition coefficient (Wildman–Crippen LogP) is -5.52. The van der Waals surface area contributed by atoms with Crippen molar-refractivity contribution in [2.45, 2.75) is 106 Å². The van der Waals surface area contributed by atoms with Gasteiger partial charge in [0.25, 0.3) is 0 Å². The highest BCUT2D eigenvalue weighted by Gasteiger charge is 2.52. The lowest BCUT2D eigenvalue weighted by Crippen LogP contribution is -2.65. The van der Waals surface area contributed by atoms with Gasteiger partial charge < -0.3 is 69.6 Å². The molecule has 3 aliphatic heterocycles. The molecule has 3 saturated heterocycles. The highest BCUT2D eigenvalue weighted by molar-refractivity contribution is 4.95. The standard InChI is InChI=1S/C18H32O14/c1-4-7(20)11(24)15(16(27)28-4)32-18-13(26)14(8(21)5(2)29-18)31-17-12(25)10(23)9(22)6(3-19)30-17/h4-27H,3H2,1-2H3/t4-,5-,6+,7-,8-,9+,10-,11+,12+,13+,14+,15+,16?,17+,18-/m0/s1. The number of ether oxygens (including phenoxy) is 5. The van der Waals surface area contributed by atoms with Crippen molar-refractivity contribution in [1.29, 1.82) is 0 Å². The van der Waals surface area contributed by atoms with Crippen molar-refractivity contribution in [3.63, 3.8) is 0 Å². The van der Waals surface area contributed by atoms with E-state index in [1.807, 2.05) is 0 Å². The number of hydrogen-bond acceptors (Lipinski definition) is 14. The van der Waals surface area contributed by atoms with Crippen LogP contribution in [0.1, 0.15) is 13.8 Å². The molecule has 0 amide bonds. The molecule has 3 fully saturated rings. The van der Waals surface area contributed by atoms with Crippen molar-refractivity contribution < 1.29 is 69.6 Å². The SMILES string of the molecule is C[C@@H]1OC(O)[C@H](O[C@@H]2O[C@@H](C)[C@H](O)[C@@H](O[C@H]3O[C@H](CO)[C@@H](O)[C@H](O)[C@H]3O)[C@H]2O)[C@H](O)[C@H]1O. The maximum atomic E-state index is 10.7. The van der Waals surface area contributed by atoms with Crippen LogP contribution in [-0.2, 0) is 23.7 Å². The molecule has 3 rings (SSSR count). The van der Waals surface area contributed by atoms with Crippen LogP contribution in [0.4, 0.5) is 0 Å². The molecule has 9 N–H and O–H groups in total. The van der Waals surface area contributed by atoms with Gasteiger partial charge >= 0.3 is 0 Å². The van der Waals surface area contributed by atoms with E-state index < -0.39 is 98.7 Å².